The van der Waals surface area contributed by atoms with E-state index < -0.39 is 141 Å². The van der Waals surface area contributed by atoms with Gasteiger partial charge in [0.2, 0.25) is 11.8 Å². The number of hydrogen-bond acceptors (Lipinski definition) is 9. The minimum Gasteiger partial charge on any atom is -0.481 e. The van der Waals surface area contributed by atoms with Crippen molar-refractivity contribution in [2.75, 3.05) is 47.9 Å². The number of nitrogens with zero attached hydrogens (tertiary/aromatic N) is 4. The molecule has 0 aliphatic rings. The molecule has 26 heteroatoms. The van der Waals surface area contributed by atoms with Crippen LogP contribution in [0.3, 0.4) is 0 Å². The number of esters is 1. The van der Waals surface area contributed by atoms with Crippen LogP contribution in [0, 0.1) is 102 Å². The molecular formula is C74H90F12N6O8. The number of amides is 2. The highest BCUT2D eigenvalue weighted by Crippen LogP contribution is 2.42. The second kappa shape index (κ2) is 34.4. The van der Waals surface area contributed by atoms with Crippen LogP contribution in [-0.4, -0.2) is 95.7 Å². The number of aliphatic carboxylic acids is 1. The van der Waals surface area contributed by atoms with E-state index in [1.54, 1.807) is 86.5 Å². The Bertz CT molecular complexity index is 4120. The summed E-state index contributed by atoms with van der Waals surface area (Å²) < 4.78 is 186. The van der Waals surface area contributed by atoms with E-state index in [0.717, 1.165) is 21.5 Å². The third kappa shape index (κ3) is 20.3. The highest BCUT2D eigenvalue weighted by Gasteiger charge is 2.40. The molecular weight excluding hydrogens is 1330 g/mol. The fourth-order valence-electron chi connectivity index (χ4n) is 12.6. The molecule has 2 aromatic heterocycles. The van der Waals surface area contributed by atoms with Crippen LogP contribution < -0.4 is 21.8 Å². The Morgan fingerprint density at radius 3 is 1.16 bits per heavy atom. The first-order valence-corrected chi connectivity index (χ1v) is 32.8. The first kappa shape index (κ1) is 82.4. The fourth-order valence-corrected chi connectivity index (χ4v) is 12.6. The molecule has 3 N–H and O–H groups in total. The average molecular weight is 1420 g/mol. The van der Waals surface area contributed by atoms with Crippen LogP contribution in [0.15, 0.2) is 58.4 Å². The molecule has 14 nitrogen and oxygen atoms in total. The summed E-state index contributed by atoms with van der Waals surface area (Å²) in [4.78, 5) is 83.0. The summed E-state index contributed by atoms with van der Waals surface area (Å²) in [7, 11) is 7.05. The highest BCUT2D eigenvalue weighted by molar-refractivity contribution is 5.84. The number of nitrogens with one attached hydrogen (secondary N) is 2. The van der Waals surface area contributed by atoms with E-state index in [-0.39, 0.29) is 99.8 Å². The molecule has 4 aromatic carbocycles. The third-order valence-corrected chi connectivity index (χ3v) is 17.2. The van der Waals surface area contributed by atoms with Crippen LogP contribution in [0.1, 0.15) is 175 Å². The SMILES string of the molecule is CCOC(=O)C[C@H](NC(=O)C(CC(C)C)n1cc(CCCN(C)C)c(C(F)(F)F)cc1=O)c1c(F)c(C)cc(-c2c(C)cc(C)c(F)c2C)c1F.Cc1cc(C)c(-c2cc(C)c(F)c([C@H](CC(=O)O)NC(=O)C(CC(C)C)n3cc(CCCN(C)C)c(C(F)(F)F)cc3=O)c2F)c(C)c1F. The first-order valence-electron chi connectivity index (χ1n) is 32.8. The van der Waals surface area contributed by atoms with Gasteiger partial charge in [-0.25, -0.2) is 26.3 Å². The highest BCUT2D eigenvalue weighted by atomic mass is 19.4. The predicted octanol–water partition coefficient (Wildman–Crippen LogP) is 15.7. The smallest absolute Gasteiger partial charge is 0.416 e. The lowest BCUT2D eigenvalue weighted by atomic mass is 9.88. The Morgan fingerprint density at radius 1 is 0.510 bits per heavy atom. The zero-order chi connectivity index (χ0) is 75.7. The van der Waals surface area contributed by atoms with Crippen LogP contribution in [-0.2, 0) is 49.1 Å². The number of carbonyl (C=O) groups is 4. The van der Waals surface area contributed by atoms with E-state index >= 15 is 22.0 Å². The number of pyridine rings is 2. The normalized spacial score (nSPS) is 13.2. The van der Waals surface area contributed by atoms with Crippen molar-refractivity contribution in [2.24, 2.45) is 11.8 Å². The number of carboxylic acid groups (broad SMARTS) is 1. The molecule has 0 saturated heterocycles. The standard InChI is InChI=1S/C38H47F6N3O4.C36H43F6N3O4/c1-10-51-31(49)18-28(33-35(40)23(6)16-26(36(33)41)32-21(4)15-22(5)34(39)24(32)7)45-37(50)29(14-20(2)3)47-19-25(12-11-13-46(8)9)27(17-30(47)48)38(42,43)44;1-18(2)12-27(45-17-23(10-9-11-44(7)8)25(15-28(45)46)36(40,41)42)35(49)43-26(16-29(47)48)31-33(38)21(5)14-24(34(31)39)30-19(3)13-20(4)32(37)22(30)6/h15-17,19-20,28-29H,10-14,18H2,1-9H3,(H,45,50);13-15,17-18,26-27H,9-12,16H2,1-8H3,(H,43,49)(H,47,48)/t28-,29?;26-,27?/m00/s1. The number of carboxylic acids is 1. The van der Waals surface area contributed by atoms with Crippen LogP contribution in [0.4, 0.5) is 52.7 Å². The van der Waals surface area contributed by atoms with Gasteiger partial charge in [-0.05, 0) is 233 Å². The predicted molar refractivity (Wildman–Crippen MR) is 359 cm³/mol. The second-order valence-corrected chi connectivity index (χ2v) is 27.0. The lowest BCUT2D eigenvalue weighted by Gasteiger charge is -2.27. The molecule has 548 valence electrons. The van der Waals surface area contributed by atoms with E-state index in [1.807, 2.05) is 0 Å². The molecule has 0 saturated carbocycles. The zero-order valence-corrected chi connectivity index (χ0v) is 59.5. The van der Waals surface area contributed by atoms with E-state index in [2.05, 4.69) is 10.6 Å². The molecule has 0 spiro atoms. The molecule has 2 unspecified atom stereocenters. The number of alkyl halides is 6. The maximum atomic E-state index is 16.7. The van der Waals surface area contributed by atoms with Gasteiger partial charge in [0.1, 0.15) is 47.0 Å². The summed E-state index contributed by atoms with van der Waals surface area (Å²) in [5.74, 6) is -10.7. The molecule has 0 bridgehead atoms. The van der Waals surface area contributed by atoms with E-state index in [9.17, 15) is 64.6 Å². The number of benzene rings is 4. The summed E-state index contributed by atoms with van der Waals surface area (Å²) in [6.45, 7) is 21.2. The van der Waals surface area contributed by atoms with E-state index in [0.29, 0.717) is 60.3 Å². The van der Waals surface area contributed by atoms with Crippen molar-refractivity contribution in [1.29, 1.82) is 0 Å². The summed E-state index contributed by atoms with van der Waals surface area (Å²) >= 11 is 0. The van der Waals surface area contributed by atoms with Gasteiger partial charge in [0, 0.05) is 46.8 Å². The largest absolute Gasteiger partial charge is 0.481 e. The molecule has 6 aromatic rings. The monoisotopic (exact) mass is 1420 g/mol. The Labute approximate surface area is 575 Å². The van der Waals surface area contributed by atoms with Gasteiger partial charge in [-0.3, -0.25) is 28.8 Å². The summed E-state index contributed by atoms with van der Waals surface area (Å²) in [6, 6.07) is -0.0319. The fraction of sp³-hybridized carbons (Fsp3) is 0.486. The van der Waals surface area contributed by atoms with Crippen LogP contribution in [0.25, 0.3) is 22.3 Å². The minimum atomic E-state index is -4.84. The maximum Gasteiger partial charge on any atom is 0.416 e. The quantitative estimate of drug-likeness (QED) is 0.0333. The van der Waals surface area contributed by atoms with Gasteiger partial charge < -0.3 is 39.4 Å². The van der Waals surface area contributed by atoms with Gasteiger partial charge in [-0.2, -0.15) is 26.3 Å². The molecule has 0 aliphatic heterocycles. The zero-order valence-electron chi connectivity index (χ0n) is 59.5. The lowest BCUT2D eigenvalue weighted by Crippen LogP contribution is -2.41. The van der Waals surface area contributed by atoms with E-state index in [1.165, 1.54) is 65.8 Å². The lowest BCUT2D eigenvalue weighted by molar-refractivity contribution is -0.144. The molecule has 100 heavy (non-hydrogen) atoms. The Hall–Kier alpha value is -8.26. The molecule has 0 aliphatic carbocycles. The van der Waals surface area contributed by atoms with Gasteiger partial charge in [0.15, 0.2) is 0 Å². The van der Waals surface area contributed by atoms with Crippen molar-refractivity contribution in [3.63, 3.8) is 0 Å². The van der Waals surface area contributed by atoms with Crippen molar-refractivity contribution in [3.8, 4) is 22.3 Å². The van der Waals surface area contributed by atoms with Gasteiger partial charge in [0.05, 0.1) is 42.7 Å². The topological polar surface area (TPSA) is 172 Å². The number of halogens is 12. The van der Waals surface area contributed by atoms with Crippen LogP contribution in [0.5, 0.6) is 0 Å². The van der Waals surface area contributed by atoms with Gasteiger partial charge in [0.25, 0.3) is 11.1 Å². The number of hydrogen-bond donors (Lipinski definition) is 3. The van der Waals surface area contributed by atoms with Crippen molar-refractivity contribution in [3.05, 3.63) is 182 Å². The third-order valence-electron chi connectivity index (χ3n) is 17.2. The molecule has 2 amide bonds. The molecule has 2 heterocycles. The van der Waals surface area contributed by atoms with Crippen molar-refractivity contribution >= 4 is 23.8 Å². The first-order chi connectivity index (χ1) is 46.3. The van der Waals surface area contributed by atoms with Crippen molar-refractivity contribution in [1.82, 2.24) is 29.6 Å². The van der Waals surface area contributed by atoms with Gasteiger partial charge >= 0.3 is 24.3 Å². The van der Waals surface area contributed by atoms with Gasteiger partial charge in [-0.1, -0.05) is 39.8 Å². The van der Waals surface area contributed by atoms with Crippen molar-refractivity contribution < 1.29 is 81.7 Å². The maximum absolute atomic E-state index is 16.7. The average Bonchev–Trinajstić information content (AvgIpc) is 0.772. The summed E-state index contributed by atoms with van der Waals surface area (Å²) in [5.41, 5.74) is -4.68. The number of ether oxygens (including phenoxy) is 1. The van der Waals surface area contributed by atoms with Crippen LogP contribution >= 0.6 is 0 Å². The van der Waals surface area contributed by atoms with Crippen LogP contribution in [0.2, 0.25) is 0 Å². The van der Waals surface area contributed by atoms with Gasteiger partial charge in [-0.15, -0.1) is 0 Å². The number of rotatable bonds is 27. The van der Waals surface area contributed by atoms with Crippen molar-refractivity contribution in [2.45, 2.75) is 178 Å². The molecule has 4 atom stereocenters. The minimum absolute atomic E-state index is 0.0363. The second-order valence-electron chi connectivity index (χ2n) is 27.0. The number of carbonyl (C=O) groups excluding carboxylic acids is 3. The summed E-state index contributed by atoms with van der Waals surface area (Å²) in [5, 5.41) is 14.7. The number of aromatic nitrogens is 2. The van der Waals surface area contributed by atoms with E-state index in [4.69, 9.17) is 4.74 Å². The Kier molecular flexibility index (Phi) is 28.4. The Balaban J connectivity index is 0.000000361. The molecule has 0 fully saturated rings. The number of aryl methyl sites for hydroxylation is 8. The molecule has 6 rings (SSSR count). The summed E-state index contributed by atoms with van der Waals surface area (Å²) in [6.07, 6.45) is -8.93. The Morgan fingerprint density at radius 2 is 0.850 bits per heavy atom. The molecule has 0 radical (unpaired) electrons.